The fraction of sp³-hybridized carbons (Fsp3) is 0.833. The Morgan fingerprint density at radius 3 is 1.81 bits per heavy atom. The van der Waals surface area contributed by atoms with Gasteiger partial charge in [0.15, 0.2) is 0 Å². The SMILES string of the molecule is C/C=C/CCC[Si](OCC)(OCC)OCC. The Labute approximate surface area is 101 Å². The van der Waals surface area contributed by atoms with Crippen LogP contribution < -0.4 is 0 Å². The lowest BCUT2D eigenvalue weighted by atomic mass is 10.3. The van der Waals surface area contributed by atoms with Crippen LogP contribution in [0.1, 0.15) is 40.5 Å². The summed E-state index contributed by atoms with van der Waals surface area (Å²) >= 11 is 0. The van der Waals surface area contributed by atoms with Crippen molar-refractivity contribution in [2.45, 2.75) is 46.6 Å². The number of allylic oxidation sites excluding steroid dienone is 2. The standard InChI is InChI=1S/C12H26O3Si/c1-5-9-10-11-12-16(13-6-2,14-7-3)15-8-4/h5,9H,6-8,10-12H2,1-4H3/b9-5+. The van der Waals surface area contributed by atoms with E-state index >= 15 is 0 Å². The summed E-state index contributed by atoms with van der Waals surface area (Å²) in [4.78, 5) is 0. The van der Waals surface area contributed by atoms with Gasteiger partial charge in [0.05, 0.1) is 0 Å². The van der Waals surface area contributed by atoms with Gasteiger partial charge in [0.2, 0.25) is 0 Å². The molecule has 0 fully saturated rings. The van der Waals surface area contributed by atoms with Crippen molar-refractivity contribution in [3.05, 3.63) is 12.2 Å². The average molecular weight is 246 g/mol. The third kappa shape index (κ3) is 6.43. The van der Waals surface area contributed by atoms with Crippen molar-refractivity contribution in [2.24, 2.45) is 0 Å². The van der Waals surface area contributed by atoms with Gasteiger partial charge in [-0.05, 0) is 40.5 Å². The fourth-order valence-electron chi connectivity index (χ4n) is 1.60. The number of hydrogen-bond acceptors (Lipinski definition) is 3. The van der Waals surface area contributed by atoms with Gasteiger partial charge in [-0.1, -0.05) is 12.2 Å². The Morgan fingerprint density at radius 2 is 1.44 bits per heavy atom. The van der Waals surface area contributed by atoms with Crippen molar-refractivity contribution in [2.75, 3.05) is 19.8 Å². The minimum Gasteiger partial charge on any atom is -0.374 e. The molecule has 0 aliphatic carbocycles. The maximum atomic E-state index is 5.76. The van der Waals surface area contributed by atoms with Crippen molar-refractivity contribution < 1.29 is 13.3 Å². The molecule has 3 nitrogen and oxygen atoms in total. The molecule has 0 aromatic rings. The third-order valence-electron chi connectivity index (χ3n) is 2.18. The molecule has 0 aromatic heterocycles. The molecule has 4 heteroatoms. The molecule has 0 aliphatic heterocycles. The Balaban J connectivity index is 4.22. The molecule has 16 heavy (non-hydrogen) atoms. The summed E-state index contributed by atoms with van der Waals surface area (Å²) in [6.45, 7) is 10.0. The molecule has 0 amide bonds. The van der Waals surface area contributed by atoms with E-state index in [-0.39, 0.29) is 0 Å². The molecule has 96 valence electrons. The van der Waals surface area contributed by atoms with Gasteiger partial charge in [-0.2, -0.15) is 0 Å². The number of unbranched alkanes of at least 4 members (excludes halogenated alkanes) is 1. The molecule has 0 unspecified atom stereocenters. The van der Waals surface area contributed by atoms with Gasteiger partial charge in [-0.15, -0.1) is 0 Å². The lowest BCUT2D eigenvalue weighted by Gasteiger charge is -2.28. The maximum Gasteiger partial charge on any atom is 0.500 e. The number of hydrogen-bond donors (Lipinski definition) is 0. The zero-order valence-corrected chi connectivity index (χ0v) is 12.1. The van der Waals surface area contributed by atoms with E-state index in [1.54, 1.807) is 0 Å². The lowest BCUT2D eigenvalue weighted by Crippen LogP contribution is -2.45. The van der Waals surface area contributed by atoms with Crippen molar-refractivity contribution in [3.8, 4) is 0 Å². The first-order chi connectivity index (χ1) is 7.74. The van der Waals surface area contributed by atoms with Gasteiger partial charge in [-0.3, -0.25) is 0 Å². The van der Waals surface area contributed by atoms with E-state index in [1.165, 1.54) is 0 Å². The highest BCUT2D eigenvalue weighted by molar-refractivity contribution is 6.60. The molecule has 0 heterocycles. The second kappa shape index (κ2) is 10.0. The number of rotatable bonds is 10. The summed E-state index contributed by atoms with van der Waals surface area (Å²) in [5, 5.41) is 0. The molecule has 0 aliphatic rings. The molecule has 0 spiro atoms. The van der Waals surface area contributed by atoms with Gasteiger partial charge in [0.1, 0.15) is 0 Å². The Kier molecular flexibility index (Phi) is 9.92. The Morgan fingerprint density at radius 1 is 0.938 bits per heavy atom. The van der Waals surface area contributed by atoms with Crippen LogP contribution in [0.15, 0.2) is 12.2 Å². The van der Waals surface area contributed by atoms with E-state index in [2.05, 4.69) is 12.2 Å². The van der Waals surface area contributed by atoms with E-state index in [4.69, 9.17) is 13.3 Å². The molecule has 0 aromatic carbocycles. The summed E-state index contributed by atoms with van der Waals surface area (Å²) in [6.07, 6.45) is 6.38. The molecule has 0 radical (unpaired) electrons. The van der Waals surface area contributed by atoms with Crippen LogP contribution in [0.4, 0.5) is 0 Å². The van der Waals surface area contributed by atoms with Crippen molar-refractivity contribution >= 4 is 8.80 Å². The normalized spacial score (nSPS) is 12.5. The monoisotopic (exact) mass is 246 g/mol. The Hall–Kier alpha value is -0.163. The molecular weight excluding hydrogens is 220 g/mol. The zero-order chi connectivity index (χ0) is 12.3. The predicted octanol–water partition coefficient (Wildman–Crippen LogP) is 3.39. The van der Waals surface area contributed by atoms with Gasteiger partial charge in [0, 0.05) is 25.9 Å². The molecule has 0 N–H and O–H groups in total. The van der Waals surface area contributed by atoms with E-state index in [0.717, 1.165) is 18.9 Å². The average Bonchev–Trinajstić information content (AvgIpc) is 2.26. The van der Waals surface area contributed by atoms with Gasteiger partial charge < -0.3 is 13.3 Å². The van der Waals surface area contributed by atoms with Crippen LogP contribution in [-0.4, -0.2) is 28.6 Å². The predicted molar refractivity (Wildman–Crippen MR) is 69.5 cm³/mol. The first-order valence-electron chi connectivity index (χ1n) is 6.27. The van der Waals surface area contributed by atoms with Gasteiger partial charge >= 0.3 is 8.80 Å². The maximum absolute atomic E-state index is 5.76. The molecule has 0 rings (SSSR count). The highest BCUT2D eigenvalue weighted by Gasteiger charge is 2.39. The fourth-order valence-corrected chi connectivity index (χ4v) is 4.24. The molecular formula is C12H26O3Si. The van der Waals surface area contributed by atoms with Crippen LogP contribution in [0.3, 0.4) is 0 Å². The van der Waals surface area contributed by atoms with Crippen LogP contribution in [0, 0.1) is 0 Å². The molecule has 0 saturated heterocycles. The van der Waals surface area contributed by atoms with E-state index in [9.17, 15) is 0 Å². The largest absolute Gasteiger partial charge is 0.500 e. The highest BCUT2D eigenvalue weighted by Crippen LogP contribution is 2.19. The first-order valence-corrected chi connectivity index (χ1v) is 8.20. The summed E-state index contributed by atoms with van der Waals surface area (Å²) in [5.74, 6) is 0. The van der Waals surface area contributed by atoms with E-state index in [0.29, 0.717) is 19.8 Å². The topological polar surface area (TPSA) is 27.7 Å². The van der Waals surface area contributed by atoms with Crippen LogP contribution in [-0.2, 0) is 13.3 Å². The van der Waals surface area contributed by atoms with Crippen molar-refractivity contribution in [1.82, 2.24) is 0 Å². The lowest BCUT2D eigenvalue weighted by molar-refractivity contribution is 0.0709. The van der Waals surface area contributed by atoms with Crippen molar-refractivity contribution in [1.29, 1.82) is 0 Å². The van der Waals surface area contributed by atoms with E-state index < -0.39 is 8.80 Å². The minimum atomic E-state index is -2.38. The Bertz CT molecular complexity index is 166. The molecule has 0 atom stereocenters. The summed E-state index contributed by atoms with van der Waals surface area (Å²) in [5.41, 5.74) is 0. The van der Waals surface area contributed by atoms with Crippen LogP contribution >= 0.6 is 0 Å². The zero-order valence-electron chi connectivity index (χ0n) is 11.1. The summed E-state index contributed by atoms with van der Waals surface area (Å²) < 4.78 is 17.3. The van der Waals surface area contributed by atoms with Crippen LogP contribution in [0.5, 0.6) is 0 Å². The smallest absolute Gasteiger partial charge is 0.374 e. The van der Waals surface area contributed by atoms with Crippen molar-refractivity contribution in [3.63, 3.8) is 0 Å². The van der Waals surface area contributed by atoms with Crippen LogP contribution in [0.2, 0.25) is 6.04 Å². The summed E-state index contributed by atoms with van der Waals surface area (Å²) in [7, 11) is -2.38. The minimum absolute atomic E-state index is 0.663. The van der Waals surface area contributed by atoms with Gasteiger partial charge in [0.25, 0.3) is 0 Å². The van der Waals surface area contributed by atoms with E-state index in [1.807, 2.05) is 27.7 Å². The van der Waals surface area contributed by atoms with Crippen LogP contribution in [0.25, 0.3) is 0 Å². The third-order valence-corrected chi connectivity index (χ3v) is 5.33. The molecule has 0 saturated carbocycles. The second-order valence-electron chi connectivity index (χ2n) is 3.44. The van der Waals surface area contributed by atoms with Gasteiger partial charge in [-0.25, -0.2) is 0 Å². The molecule has 0 bridgehead atoms. The first kappa shape index (κ1) is 15.8. The quantitative estimate of drug-likeness (QED) is 0.336. The summed E-state index contributed by atoms with van der Waals surface area (Å²) in [6, 6.07) is 0.910. The highest BCUT2D eigenvalue weighted by atomic mass is 28.4. The second-order valence-corrected chi connectivity index (χ2v) is 6.18.